The van der Waals surface area contributed by atoms with E-state index >= 15 is 0 Å². The van der Waals surface area contributed by atoms with Crippen LogP contribution in [0.4, 0.5) is 0 Å². The van der Waals surface area contributed by atoms with Crippen LogP contribution in [0.2, 0.25) is 0 Å². The fourth-order valence-corrected chi connectivity index (χ4v) is 1.59. The summed E-state index contributed by atoms with van der Waals surface area (Å²) in [5, 5.41) is 11.1. The number of ether oxygens (including phenoxy) is 1. The lowest BCUT2D eigenvalue weighted by atomic mass is 10.2. The molecule has 0 atom stereocenters. The van der Waals surface area contributed by atoms with Crippen LogP contribution in [0.1, 0.15) is 17.0 Å². The van der Waals surface area contributed by atoms with Crippen molar-refractivity contribution in [3.05, 3.63) is 23.0 Å². The van der Waals surface area contributed by atoms with Crippen molar-refractivity contribution in [1.29, 1.82) is 0 Å². The molecule has 6 nitrogen and oxygen atoms in total. The van der Waals surface area contributed by atoms with Crippen molar-refractivity contribution in [2.45, 2.75) is 20.4 Å². The molecule has 16 heavy (non-hydrogen) atoms. The zero-order valence-electron chi connectivity index (χ0n) is 9.61. The van der Waals surface area contributed by atoms with Gasteiger partial charge >= 0.3 is 0 Å². The van der Waals surface area contributed by atoms with E-state index in [0.29, 0.717) is 18.3 Å². The number of hydrogen-bond donors (Lipinski definition) is 2. The van der Waals surface area contributed by atoms with Crippen molar-refractivity contribution in [1.82, 2.24) is 20.0 Å². The van der Waals surface area contributed by atoms with E-state index in [0.717, 1.165) is 17.0 Å². The average molecular weight is 221 g/mol. The standard InChI is InChI=1S/C10H15N5O/c1-6-4-9(13-12-6)16-10-8(5-11)7(2)14-15(10)3/h4H,5,11H2,1-3H3,(H,12,13). The van der Waals surface area contributed by atoms with Gasteiger partial charge < -0.3 is 10.5 Å². The number of H-pyrrole nitrogens is 1. The summed E-state index contributed by atoms with van der Waals surface area (Å²) < 4.78 is 7.32. The highest BCUT2D eigenvalue weighted by atomic mass is 16.5. The van der Waals surface area contributed by atoms with Gasteiger partial charge in [-0.3, -0.25) is 5.10 Å². The highest BCUT2D eigenvalue weighted by Crippen LogP contribution is 2.25. The number of rotatable bonds is 3. The Morgan fingerprint density at radius 1 is 1.50 bits per heavy atom. The monoisotopic (exact) mass is 221 g/mol. The summed E-state index contributed by atoms with van der Waals surface area (Å²) in [7, 11) is 1.82. The zero-order chi connectivity index (χ0) is 11.7. The van der Waals surface area contributed by atoms with Crippen molar-refractivity contribution in [2.24, 2.45) is 12.8 Å². The molecule has 6 heteroatoms. The Bertz CT molecular complexity index is 499. The van der Waals surface area contributed by atoms with Crippen molar-refractivity contribution in [2.75, 3.05) is 0 Å². The van der Waals surface area contributed by atoms with Crippen molar-refractivity contribution in [3.63, 3.8) is 0 Å². The van der Waals surface area contributed by atoms with Gasteiger partial charge in [0.1, 0.15) is 0 Å². The number of nitrogens with zero attached hydrogens (tertiary/aromatic N) is 3. The van der Waals surface area contributed by atoms with Crippen molar-refractivity contribution in [3.8, 4) is 11.8 Å². The maximum atomic E-state index is 5.66. The van der Waals surface area contributed by atoms with Gasteiger partial charge in [-0.05, 0) is 13.8 Å². The summed E-state index contributed by atoms with van der Waals surface area (Å²) >= 11 is 0. The maximum absolute atomic E-state index is 5.66. The van der Waals surface area contributed by atoms with Crippen LogP contribution in [0.25, 0.3) is 0 Å². The topological polar surface area (TPSA) is 81.8 Å². The second-order valence-corrected chi connectivity index (χ2v) is 3.69. The fraction of sp³-hybridized carbons (Fsp3) is 0.400. The lowest BCUT2D eigenvalue weighted by molar-refractivity contribution is 0.410. The summed E-state index contributed by atoms with van der Waals surface area (Å²) in [4.78, 5) is 0. The fourth-order valence-electron chi connectivity index (χ4n) is 1.59. The molecule has 0 aromatic carbocycles. The second kappa shape index (κ2) is 3.97. The van der Waals surface area contributed by atoms with Crippen LogP contribution >= 0.6 is 0 Å². The molecule has 2 aromatic rings. The van der Waals surface area contributed by atoms with E-state index < -0.39 is 0 Å². The Morgan fingerprint density at radius 3 is 2.81 bits per heavy atom. The van der Waals surface area contributed by atoms with Crippen LogP contribution in [0, 0.1) is 13.8 Å². The predicted octanol–water partition coefficient (Wildman–Crippen LogP) is 1.01. The number of hydrogen-bond acceptors (Lipinski definition) is 4. The van der Waals surface area contributed by atoms with Gasteiger partial charge in [-0.2, -0.15) is 5.10 Å². The van der Waals surface area contributed by atoms with E-state index in [2.05, 4.69) is 15.3 Å². The molecule has 3 N–H and O–H groups in total. The highest BCUT2D eigenvalue weighted by Gasteiger charge is 2.14. The minimum absolute atomic E-state index is 0.401. The van der Waals surface area contributed by atoms with Gasteiger partial charge in [0.05, 0.1) is 11.3 Å². The molecule has 0 saturated carbocycles. The van der Waals surface area contributed by atoms with Gasteiger partial charge in [0, 0.05) is 25.4 Å². The van der Waals surface area contributed by atoms with Crippen LogP contribution in [0.3, 0.4) is 0 Å². The summed E-state index contributed by atoms with van der Waals surface area (Å²) in [5.74, 6) is 1.17. The van der Waals surface area contributed by atoms with E-state index in [1.807, 2.05) is 27.0 Å². The molecule has 0 aliphatic rings. The molecular formula is C10H15N5O. The van der Waals surface area contributed by atoms with Gasteiger partial charge in [-0.1, -0.05) is 0 Å². The molecule has 0 fully saturated rings. The summed E-state index contributed by atoms with van der Waals surface area (Å²) in [6, 6.07) is 1.82. The number of aryl methyl sites for hydroxylation is 3. The molecule has 0 spiro atoms. The van der Waals surface area contributed by atoms with E-state index in [1.54, 1.807) is 4.68 Å². The van der Waals surface area contributed by atoms with Crippen molar-refractivity contribution >= 4 is 0 Å². The third-order valence-corrected chi connectivity index (χ3v) is 2.38. The number of nitrogens with two attached hydrogens (primary N) is 1. The largest absolute Gasteiger partial charge is 0.419 e. The lowest BCUT2D eigenvalue weighted by Crippen LogP contribution is -2.01. The Hall–Kier alpha value is -1.82. The van der Waals surface area contributed by atoms with Crippen LogP contribution < -0.4 is 10.5 Å². The SMILES string of the molecule is Cc1cc(Oc2c(CN)c(C)nn2C)n[nH]1. The Labute approximate surface area is 93.4 Å². The molecule has 0 amide bonds. The first kappa shape index (κ1) is 10.7. The van der Waals surface area contributed by atoms with Gasteiger partial charge in [-0.25, -0.2) is 4.68 Å². The van der Waals surface area contributed by atoms with E-state index in [-0.39, 0.29) is 0 Å². The molecule has 86 valence electrons. The first-order valence-electron chi connectivity index (χ1n) is 5.04. The Kier molecular flexibility index (Phi) is 2.66. The zero-order valence-corrected chi connectivity index (χ0v) is 9.61. The predicted molar refractivity (Wildman–Crippen MR) is 59.2 cm³/mol. The molecule has 0 aliphatic heterocycles. The average Bonchev–Trinajstić information content (AvgIpc) is 2.73. The normalized spacial score (nSPS) is 10.8. The molecule has 0 unspecified atom stereocenters. The second-order valence-electron chi connectivity index (χ2n) is 3.69. The summed E-state index contributed by atoms with van der Waals surface area (Å²) in [5.41, 5.74) is 8.40. The number of aromatic nitrogens is 4. The van der Waals surface area contributed by atoms with Crippen LogP contribution in [0.5, 0.6) is 11.8 Å². The van der Waals surface area contributed by atoms with Crippen LogP contribution in [0.15, 0.2) is 6.07 Å². The summed E-state index contributed by atoms with van der Waals surface area (Å²) in [6.45, 7) is 4.22. The number of aromatic amines is 1. The molecule has 2 aromatic heterocycles. The third kappa shape index (κ3) is 1.79. The Morgan fingerprint density at radius 2 is 2.25 bits per heavy atom. The minimum Gasteiger partial charge on any atom is -0.419 e. The molecular weight excluding hydrogens is 206 g/mol. The molecule has 0 saturated heterocycles. The molecule has 0 radical (unpaired) electrons. The van der Waals surface area contributed by atoms with E-state index in [4.69, 9.17) is 10.5 Å². The maximum Gasteiger partial charge on any atom is 0.240 e. The van der Waals surface area contributed by atoms with Crippen LogP contribution in [-0.4, -0.2) is 20.0 Å². The van der Waals surface area contributed by atoms with Gasteiger partial charge in [0.2, 0.25) is 11.8 Å². The van der Waals surface area contributed by atoms with Crippen molar-refractivity contribution < 1.29 is 4.74 Å². The number of nitrogens with one attached hydrogen (secondary N) is 1. The highest BCUT2D eigenvalue weighted by molar-refractivity contribution is 5.33. The Balaban J connectivity index is 2.33. The molecule has 2 rings (SSSR count). The lowest BCUT2D eigenvalue weighted by Gasteiger charge is -2.04. The quantitative estimate of drug-likeness (QED) is 0.810. The molecule has 2 heterocycles. The first-order valence-corrected chi connectivity index (χ1v) is 5.04. The van der Waals surface area contributed by atoms with E-state index in [9.17, 15) is 0 Å². The van der Waals surface area contributed by atoms with E-state index in [1.165, 1.54) is 0 Å². The van der Waals surface area contributed by atoms with Gasteiger partial charge in [0.15, 0.2) is 0 Å². The molecule has 0 bridgehead atoms. The van der Waals surface area contributed by atoms with Gasteiger partial charge in [-0.15, -0.1) is 5.10 Å². The molecule has 0 aliphatic carbocycles. The summed E-state index contributed by atoms with van der Waals surface area (Å²) in [6.07, 6.45) is 0. The van der Waals surface area contributed by atoms with Gasteiger partial charge in [0.25, 0.3) is 0 Å². The minimum atomic E-state index is 0.401. The first-order chi connectivity index (χ1) is 7.61. The third-order valence-electron chi connectivity index (χ3n) is 2.38. The smallest absolute Gasteiger partial charge is 0.240 e. The van der Waals surface area contributed by atoms with Crippen LogP contribution in [-0.2, 0) is 13.6 Å².